The fraction of sp³-hybridized carbons (Fsp3) is 0.385. The lowest BCUT2D eigenvalue weighted by atomic mass is 10.2. The fourth-order valence-electron chi connectivity index (χ4n) is 1.40. The van der Waals surface area contributed by atoms with Crippen LogP contribution in [-0.2, 0) is 9.59 Å². The highest BCUT2D eigenvalue weighted by molar-refractivity contribution is 5.80. The van der Waals surface area contributed by atoms with E-state index in [9.17, 15) is 14.0 Å². The molecule has 0 bridgehead atoms. The number of rotatable bonds is 7. The molecule has 0 aromatic heterocycles. The van der Waals surface area contributed by atoms with Crippen molar-refractivity contribution in [2.45, 2.75) is 25.6 Å². The minimum Gasteiger partial charge on any atom is -0.481 e. The minimum absolute atomic E-state index is 0.00313. The van der Waals surface area contributed by atoms with Gasteiger partial charge in [-0.2, -0.15) is 0 Å². The van der Waals surface area contributed by atoms with Crippen LogP contribution < -0.4 is 10.1 Å². The summed E-state index contributed by atoms with van der Waals surface area (Å²) in [6.45, 7) is 1.48. The third-order valence-electron chi connectivity index (χ3n) is 2.48. The number of carbonyl (C=O) groups excluding carboxylic acids is 1. The van der Waals surface area contributed by atoms with Gasteiger partial charge in [-0.3, -0.25) is 4.79 Å². The monoisotopic (exact) mass is 285 g/mol. The van der Waals surface area contributed by atoms with Gasteiger partial charge < -0.3 is 20.3 Å². The number of amides is 1. The molecule has 6 nitrogen and oxygen atoms in total. The van der Waals surface area contributed by atoms with E-state index in [0.717, 1.165) is 6.07 Å². The first-order valence-electron chi connectivity index (χ1n) is 6.01. The van der Waals surface area contributed by atoms with Crippen molar-refractivity contribution in [3.63, 3.8) is 0 Å². The molecule has 110 valence electrons. The van der Waals surface area contributed by atoms with Crippen molar-refractivity contribution >= 4 is 11.9 Å². The number of hydrogen-bond donors (Lipinski definition) is 3. The summed E-state index contributed by atoms with van der Waals surface area (Å²) in [6, 6.07) is 5.38. The summed E-state index contributed by atoms with van der Waals surface area (Å²) in [4.78, 5) is 22.0. The number of ether oxygens (including phenoxy) is 1. The van der Waals surface area contributed by atoms with E-state index in [1.807, 2.05) is 0 Å². The molecular formula is C13H16FNO5. The normalized spacial score (nSPS) is 13.3. The summed E-state index contributed by atoms with van der Waals surface area (Å²) in [5.41, 5.74) is 0. The first-order valence-corrected chi connectivity index (χ1v) is 6.01. The Kier molecular flexibility index (Phi) is 5.92. The predicted octanol–water partition coefficient (Wildman–Crippen LogP) is 0.545. The van der Waals surface area contributed by atoms with Gasteiger partial charge in [-0.1, -0.05) is 6.07 Å². The van der Waals surface area contributed by atoms with Crippen LogP contribution >= 0.6 is 0 Å². The van der Waals surface area contributed by atoms with Crippen molar-refractivity contribution in [2.24, 2.45) is 0 Å². The number of carbonyl (C=O) groups is 2. The van der Waals surface area contributed by atoms with Gasteiger partial charge in [-0.15, -0.1) is 0 Å². The molecule has 0 fully saturated rings. The van der Waals surface area contributed by atoms with E-state index >= 15 is 0 Å². The van der Waals surface area contributed by atoms with E-state index < -0.39 is 29.9 Å². The first kappa shape index (κ1) is 15.9. The molecule has 0 aliphatic carbocycles. The molecule has 2 atom stereocenters. The molecule has 0 saturated carbocycles. The second-order valence-corrected chi connectivity index (χ2v) is 4.15. The molecule has 1 aromatic carbocycles. The van der Waals surface area contributed by atoms with Crippen molar-refractivity contribution in [3.8, 4) is 5.75 Å². The molecule has 0 spiro atoms. The van der Waals surface area contributed by atoms with E-state index in [-0.39, 0.29) is 18.7 Å². The molecule has 20 heavy (non-hydrogen) atoms. The Morgan fingerprint density at radius 3 is 2.75 bits per heavy atom. The van der Waals surface area contributed by atoms with Gasteiger partial charge in [0.1, 0.15) is 11.6 Å². The van der Waals surface area contributed by atoms with Gasteiger partial charge in [0.05, 0.1) is 0 Å². The summed E-state index contributed by atoms with van der Waals surface area (Å²) in [5, 5.41) is 19.9. The standard InChI is InChI=1S/C13H16FNO5/c1-8(20-10-4-2-3-9(14)7-10)12(17)15-6-5-11(16)13(18)19/h2-4,7-8,11,16H,5-6H2,1H3,(H,15,17)(H,18,19)/t8?,11-/m0/s1. The average Bonchev–Trinajstić information content (AvgIpc) is 2.38. The second-order valence-electron chi connectivity index (χ2n) is 4.15. The van der Waals surface area contributed by atoms with Crippen LogP contribution in [0.2, 0.25) is 0 Å². The summed E-state index contributed by atoms with van der Waals surface area (Å²) >= 11 is 0. The zero-order valence-corrected chi connectivity index (χ0v) is 10.9. The van der Waals surface area contributed by atoms with Gasteiger partial charge in [0.25, 0.3) is 5.91 Å². The maximum Gasteiger partial charge on any atom is 0.332 e. The van der Waals surface area contributed by atoms with Crippen LogP contribution in [0.4, 0.5) is 4.39 Å². The molecule has 1 amide bonds. The Hall–Kier alpha value is -2.15. The van der Waals surface area contributed by atoms with E-state index in [1.165, 1.54) is 25.1 Å². The van der Waals surface area contributed by atoms with E-state index in [2.05, 4.69) is 5.32 Å². The van der Waals surface area contributed by atoms with Gasteiger partial charge in [0.15, 0.2) is 12.2 Å². The topological polar surface area (TPSA) is 95.9 Å². The second kappa shape index (κ2) is 7.44. The number of aliphatic carboxylic acids is 1. The maximum atomic E-state index is 12.9. The predicted molar refractivity (Wildman–Crippen MR) is 67.8 cm³/mol. The van der Waals surface area contributed by atoms with Gasteiger partial charge in [0.2, 0.25) is 0 Å². The van der Waals surface area contributed by atoms with Crippen molar-refractivity contribution in [2.75, 3.05) is 6.54 Å². The number of halogens is 1. The van der Waals surface area contributed by atoms with Crippen molar-refractivity contribution < 1.29 is 28.9 Å². The van der Waals surface area contributed by atoms with Crippen LogP contribution in [0.1, 0.15) is 13.3 Å². The van der Waals surface area contributed by atoms with Gasteiger partial charge in [-0.05, 0) is 19.1 Å². The van der Waals surface area contributed by atoms with Gasteiger partial charge in [-0.25, -0.2) is 9.18 Å². The van der Waals surface area contributed by atoms with E-state index in [1.54, 1.807) is 0 Å². The Morgan fingerprint density at radius 2 is 2.15 bits per heavy atom. The summed E-state index contributed by atoms with van der Waals surface area (Å²) in [6.07, 6.45) is -2.48. The lowest BCUT2D eigenvalue weighted by Crippen LogP contribution is -2.38. The summed E-state index contributed by atoms with van der Waals surface area (Å²) in [7, 11) is 0. The number of carboxylic acid groups (broad SMARTS) is 1. The Morgan fingerprint density at radius 1 is 1.45 bits per heavy atom. The van der Waals surface area contributed by atoms with Crippen LogP contribution in [0.5, 0.6) is 5.75 Å². The average molecular weight is 285 g/mol. The number of hydrogen-bond acceptors (Lipinski definition) is 4. The molecule has 1 rings (SSSR count). The van der Waals surface area contributed by atoms with Crippen LogP contribution in [0, 0.1) is 5.82 Å². The Labute approximate surface area is 115 Å². The molecule has 0 heterocycles. The SMILES string of the molecule is CC(Oc1cccc(F)c1)C(=O)NCC[C@H](O)C(=O)O. The quantitative estimate of drug-likeness (QED) is 0.679. The third kappa shape index (κ3) is 5.23. The van der Waals surface area contributed by atoms with Crippen LogP contribution in [0.3, 0.4) is 0 Å². The van der Waals surface area contributed by atoms with Crippen molar-refractivity contribution in [1.29, 1.82) is 0 Å². The number of carboxylic acids is 1. The smallest absolute Gasteiger partial charge is 0.332 e. The Bertz CT molecular complexity index is 480. The molecular weight excluding hydrogens is 269 g/mol. The van der Waals surface area contributed by atoms with Crippen LogP contribution in [-0.4, -0.2) is 40.8 Å². The van der Waals surface area contributed by atoms with Gasteiger partial charge >= 0.3 is 5.97 Å². The number of aliphatic hydroxyl groups excluding tert-OH is 1. The fourth-order valence-corrected chi connectivity index (χ4v) is 1.40. The molecule has 0 saturated heterocycles. The number of nitrogens with one attached hydrogen (secondary N) is 1. The van der Waals surface area contributed by atoms with Crippen molar-refractivity contribution in [1.82, 2.24) is 5.32 Å². The lowest BCUT2D eigenvalue weighted by molar-refractivity contribution is -0.147. The minimum atomic E-state index is -1.52. The molecule has 3 N–H and O–H groups in total. The molecule has 0 radical (unpaired) electrons. The highest BCUT2D eigenvalue weighted by Gasteiger charge is 2.17. The molecule has 1 unspecified atom stereocenters. The largest absolute Gasteiger partial charge is 0.481 e. The van der Waals surface area contributed by atoms with Gasteiger partial charge in [0, 0.05) is 19.0 Å². The van der Waals surface area contributed by atoms with Crippen LogP contribution in [0.15, 0.2) is 24.3 Å². The summed E-state index contributed by atoms with van der Waals surface area (Å²) in [5.74, 6) is -2.08. The number of benzene rings is 1. The highest BCUT2D eigenvalue weighted by atomic mass is 19.1. The molecule has 7 heteroatoms. The zero-order chi connectivity index (χ0) is 15.1. The number of aliphatic hydroxyl groups is 1. The van der Waals surface area contributed by atoms with E-state index in [0.29, 0.717) is 0 Å². The molecule has 0 aliphatic rings. The highest BCUT2D eigenvalue weighted by Crippen LogP contribution is 2.13. The molecule has 0 aliphatic heterocycles. The van der Waals surface area contributed by atoms with Crippen molar-refractivity contribution in [3.05, 3.63) is 30.1 Å². The zero-order valence-electron chi connectivity index (χ0n) is 10.9. The van der Waals surface area contributed by atoms with E-state index in [4.69, 9.17) is 14.9 Å². The third-order valence-corrected chi connectivity index (χ3v) is 2.48. The molecule has 1 aromatic rings. The van der Waals surface area contributed by atoms with Crippen LogP contribution in [0.25, 0.3) is 0 Å². The lowest BCUT2D eigenvalue weighted by Gasteiger charge is -2.15. The summed E-state index contributed by atoms with van der Waals surface area (Å²) < 4.78 is 18.2. The Balaban J connectivity index is 2.38. The first-order chi connectivity index (χ1) is 9.40. The maximum absolute atomic E-state index is 12.9.